The summed E-state index contributed by atoms with van der Waals surface area (Å²) in [6.45, 7) is 4.83. The smallest absolute Gasteiger partial charge is 0.283 e. The lowest BCUT2D eigenvalue weighted by Crippen LogP contribution is -2.58. The maximum Gasteiger partial charge on any atom is 0.283 e. The van der Waals surface area contributed by atoms with Crippen LogP contribution in [-0.4, -0.2) is 45.2 Å². The Bertz CT molecular complexity index is 683. The quantitative estimate of drug-likeness (QED) is 0.727. The maximum atomic E-state index is 6.36. The van der Waals surface area contributed by atoms with Crippen molar-refractivity contribution >= 4 is 22.0 Å². The molecule has 0 bridgehead atoms. The monoisotopic (exact) mass is 396 g/mol. The van der Waals surface area contributed by atoms with E-state index in [0.717, 1.165) is 22.2 Å². The molecule has 0 aliphatic carbocycles. The summed E-state index contributed by atoms with van der Waals surface area (Å²) >= 11 is 3.55. The fourth-order valence-electron chi connectivity index (χ4n) is 3.93. The van der Waals surface area contributed by atoms with E-state index in [-0.39, 0.29) is 12.1 Å². The summed E-state index contributed by atoms with van der Waals surface area (Å²) in [7, 11) is 0. The van der Waals surface area contributed by atoms with E-state index in [1.807, 2.05) is 18.2 Å². The van der Waals surface area contributed by atoms with E-state index < -0.39 is 11.0 Å². The predicted octanol–water partition coefficient (Wildman–Crippen LogP) is 2.19. The van der Waals surface area contributed by atoms with Crippen LogP contribution in [0.15, 0.2) is 27.7 Å². The molecule has 1 saturated heterocycles. The summed E-state index contributed by atoms with van der Waals surface area (Å²) in [6, 6.07) is 6.21. The number of nitrogens with two attached hydrogens (primary N) is 1. The first kappa shape index (κ1) is 16.2. The van der Waals surface area contributed by atoms with Crippen molar-refractivity contribution in [3.63, 3.8) is 0 Å². The number of fused-ring (bicyclic) bond motifs is 4. The third-order valence-electron chi connectivity index (χ3n) is 5.34. The zero-order valence-corrected chi connectivity index (χ0v) is 15.2. The average molecular weight is 397 g/mol. The van der Waals surface area contributed by atoms with E-state index >= 15 is 0 Å². The van der Waals surface area contributed by atoms with E-state index in [1.54, 1.807) is 0 Å². The van der Waals surface area contributed by atoms with Crippen LogP contribution in [0.3, 0.4) is 0 Å². The van der Waals surface area contributed by atoms with Gasteiger partial charge in [0.25, 0.3) is 6.02 Å². The minimum atomic E-state index is -0.622. The Morgan fingerprint density at radius 3 is 2.83 bits per heavy atom. The zero-order valence-electron chi connectivity index (χ0n) is 13.6. The molecule has 6 nitrogen and oxygen atoms in total. The van der Waals surface area contributed by atoms with E-state index in [2.05, 4.69) is 22.9 Å². The molecule has 0 radical (unpaired) electrons. The summed E-state index contributed by atoms with van der Waals surface area (Å²) in [5.74, 6) is 0.821. The lowest BCUT2D eigenvalue weighted by Gasteiger charge is -2.51. The molecule has 3 atom stereocenters. The number of halogens is 1. The molecule has 130 valence electrons. The van der Waals surface area contributed by atoms with Gasteiger partial charge in [0.2, 0.25) is 0 Å². The Balaban J connectivity index is 1.89. The molecule has 3 aliphatic heterocycles. The normalized spacial score (nSPS) is 35.6. The highest BCUT2D eigenvalue weighted by Gasteiger charge is 2.61. The van der Waals surface area contributed by atoms with Gasteiger partial charge in [0.05, 0.1) is 31.8 Å². The molecule has 4 rings (SSSR count). The number of aliphatic imine (C=N–C) groups is 1. The Morgan fingerprint density at radius 2 is 2.04 bits per heavy atom. The van der Waals surface area contributed by atoms with Crippen LogP contribution in [0.25, 0.3) is 0 Å². The van der Waals surface area contributed by atoms with Gasteiger partial charge in [-0.3, -0.25) is 0 Å². The second-order valence-electron chi connectivity index (χ2n) is 6.72. The lowest BCUT2D eigenvalue weighted by atomic mass is 9.62. The fourth-order valence-corrected chi connectivity index (χ4v) is 4.29. The number of ether oxygens (including phenoxy) is 4. The Morgan fingerprint density at radius 1 is 1.21 bits per heavy atom. The van der Waals surface area contributed by atoms with Gasteiger partial charge in [-0.1, -0.05) is 22.9 Å². The van der Waals surface area contributed by atoms with Crippen LogP contribution in [0, 0.1) is 5.41 Å². The van der Waals surface area contributed by atoms with Gasteiger partial charge < -0.3 is 24.7 Å². The highest BCUT2D eigenvalue weighted by atomic mass is 79.9. The lowest BCUT2D eigenvalue weighted by molar-refractivity contribution is -0.0901. The first-order valence-electron chi connectivity index (χ1n) is 8.15. The molecule has 1 unspecified atom stereocenters. The minimum Gasteiger partial charge on any atom is -0.489 e. The second-order valence-corrected chi connectivity index (χ2v) is 7.63. The largest absolute Gasteiger partial charge is 0.489 e. The van der Waals surface area contributed by atoms with E-state index in [9.17, 15) is 0 Å². The fraction of sp³-hybridized carbons (Fsp3) is 0.588. The third-order valence-corrected chi connectivity index (χ3v) is 5.83. The van der Waals surface area contributed by atoms with Gasteiger partial charge in [0.15, 0.2) is 0 Å². The molecule has 1 spiro atoms. The second kappa shape index (κ2) is 5.89. The van der Waals surface area contributed by atoms with Crippen molar-refractivity contribution in [2.24, 2.45) is 16.1 Å². The number of hydrogen-bond acceptors (Lipinski definition) is 6. The van der Waals surface area contributed by atoms with Crippen LogP contribution in [-0.2, 0) is 19.7 Å². The standard InChI is InChI=1S/C17H21BrN2O4/c1-16-9-22-7-6-21-5-4-14(16)24-13-3-2-11(18)8-12(13)17(16)10-23-15(19)20-17/h2-3,8,14H,4-7,9-10H2,1H3,(H2,19,20)/t14-,16-,17?/m0/s1. The topological polar surface area (TPSA) is 75.3 Å². The Hall–Kier alpha value is -1.31. The van der Waals surface area contributed by atoms with Crippen LogP contribution < -0.4 is 10.5 Å². The number of amidine groups is 1. The first-order valence-corrected chi connectivity index (χ1v) is 8.95. The van der Waals surface area contributed by atoms with Crippen LogP contribution in [0.5, 0.6) is 5.75 Å². The number of nitrogens with zero attached hydrogens (tertiary/aromatic N) is 1. The minimum absolute atomic E-state index is 0.0949. The van der Waals surface area contributed by atoms with Gasteiger partial charge in [-0.2, -0.15) is 0 Å². The van der Waals surface area contributed by atoms with Crippen LogP contribution in [0.2, 0.25) is 0 Å². The number of rotatable bonds is 0. The first-order chi connectivity index (χ1) is 11.6. The molecule has 0 amide bonds. The molecular weight excluding hydrogens is 376 g/mol. The van der Waals surface area contributed by atoms with Crippen molar-refractivity contribution in [3.8, 4) is 5.75 Å². The Kier molecular flexibility index (Phi) is 3.97. The molecule has 0 saturated carbocycles. The molecule has 3 heterocycles. The summed E-state index contributed by atoms with van der Waals surface area (Å²) in [5, 5.41) is 0. The van der Waals surface area contributed by atoms with Gasteiger partial charge in [-0.15, -0.1) is 0 Å². The highest BCUT2D eigenvalue weighted by molar-refractivity contribution is 9.10. The molecule has 0 aromatic heterocycles. The predicted molar refractivity (Wildman–Crippen MR) is 92.2 cm³/mol. The highest BCUT2D eigenvalue weighted by Crippen LogP contribution is 2.56. The van der Waals surface area contributed by atoms with Crippen molar-refractivity contribution in [2.45, 2.75) is 25.0 Å². The molecule has 24 heavy (non-hydrogen) atoms. The molecule has 3 aliphatic rings. The summed E-state index contributed by atoms with van der Waals surface area (Å²) in [6.07, 6.45) is 0.675. The zero-order chi connectivity index (χ0) is 16.8. The maximum absolute atomic E-state index is 6.36. The van der Waals surface area contributed by atoms with E-state index in [1.165, 1.54) is 0 Å². The van der Waals surface area contributed by atoms with Gasteiger partial charge in [-0.25, -0.2) is 4.99 Å². The third kappa shape index (κ3) is 2.33. The van der Waals surface area contributed by atoms with Crippen LogP contribution >= 0.6 is 15.9 Å². The van der Waals surface area contributed by atoms with E-state index in [4.69, 9.17) is 29.7 Å². The molecule has 1 aromatic carbocycles. The number of benzene rings is 1. The summed E-state index contributed by atoms with van der Waals surface area (Å²) < 4.78 is 24.5. The van der Waals surface area contributed by atoms with Gasteiger partial charge >= 0.3 is 0 Å². The van der Waals surface area contributed by atoms with Gasteiger partial charge in [0.1, 0.15) is 24.0 Å². The van der Waals surface area contributed by atoms with Crippen molar-refractivity contribution in [3.05, 3.63) is 28.2 Å². The van der Waals surface area contributed by atoms with Gasteiger partial charge in [0, 0.05) is 16.5 Å². The summed E-state index contributed by atoms with van der Waals surface area (Å²) in [4.78, 5) is 4.77. The molecular formula is C17H21BrN2O4. The van der Waals surface area contributed by atoms with Crippen molar-refractivity contribution in [2.75, 3.05) is 33.0 Å². The summed E-state index contributed by atoms with van der Waals surface area (Å²) in [5.41, 5.74) is 5.88. The van der Waals surface area contributed by atoms with Crippen molar-refractivity contribution in [1.29, 1.82) is 0 Å². The van der Waals surface area contributed by atoms with E-state index in [0.29, 0.717) is 33.0 Å². The molecule has 1 aromatic rings. The SMILES string of the molecule is C[C@]12COCCOCC[C@@H]1Oc1ccc(Br)cc1C21COC(N)=N1. The van der Waals surface area contributed by atoms with Crippen molar-refractivity contribution < 1.29 is 18.9 Å². The van der Waals surface area contributed by atoms with Gasteiger partial charge in [-0.05, 0) is 18.2 Å². The molecule has 7 heteroatoms. The van der Waals surface area contributed by atoms with Crippen molar-refractivity contribution in [1.82, 2.24) is 0 Å². The number of hydrogen-bond donors (Lipinski definition) is 1. The van der Waals surface area contributed by atoms with Crippen LogP contribution in [0.4, 0.5) is 0 Å². The van der Waals surface area contributed by atoms with Crippen LogP contribution in [0.1, 0.15) is 18.9 Å². The molecule has 1 fully saturated rings. The Labute approximate surface area is 149 Å². The average Bonchev–Trinajstić information content (AvgIpc) is 2.98. The molecule has 2 N–H and O–H groups in total.